The molecule has 4 aromatic rings. The third kappa shape index (κ3) is 5.48. The highest BCUT2D eigenvalue weighted by Crippen LogP contribution is 2.25. The molecule has 31 heavy (non-hydrogen) atoms. The first-order valence-electron chi connectivity index (χ1n) is 9.36. The number of pyridine rings is 1. The lowest BCUT2D eigenvalue weighted by Gasteiger charge is -2.11. The van der Waals surface area contributed by atoms with Crippen molar-refractivity contribution in [3.05, 3.63) is 89.3 Å². The molecule has 156 valence electrons. The molecule has 0 radical (unpaired) electrons. The number of hydrogen-bond donors (Lipinski definition) is 1. The van der Waals surface area contributed by atoms with Gasteiger partial charge in [-0.3, -0.25) is 9.36 Å². The molecular weight excluding hydrogens is 437 g/mol. The van der Waals surface area contributed by atoms with Gasteiger partial charge in [-0.25, -0.2) is 9.37 Å². The van der Waals surface area contributed by atoms with Gasteiger partial charge in [-0.05, 0) is 42.0 Å². The summed E-state index contributed by atoms with van der Waals surface area (Å²) in [7, 11) is 0. The van der Waals surface area contributed by atoms with Gasteiger partial charge in [0.1, 0.15) is 11.6 Å². The fraction of sp³-hybridized carbons (Fsp3) is 0.0909. The molecule has 2 aromatic carbocycles. The summed E-state index contributed by atoms with van der Waals surface area (Å²) < 4.78 is 15.3. The highest BCUT2D eigenvalue weighted by atomic mass is 35.5. The molecule has 1 N–H and O–H groups in total. The number of nitrogens with zero attached hydrogens (tertiary/aromatic N) is 4. The van der Waals surface area contributed by atoms with Crippen molar-refractivity contribution >= 4 is 35.1 Å². The summed E-state index contributed by atoms with van der Waals surface area (Å²) in [5, 5.41) is 12.4. The highest BCUT2D eigenvalue weighted by Gasteiger charge is 2.16. The van der Waals surface area contributed by atoms with Crippen molar-refractivity contribution in [2.24, 2.45) is 0 Å². The summed E-state index contributed by atoms with van der Waals surface area (Å²) in [5.74, 6) is 0.608. The maximum Gasteiger partial charge on any atom is 0.236 e. The number of hydrogen-bond acceptors (Lipinski definition) is 5. The third-order valence-corrected chi connectivity index (χ3v) is 5.52. The Hall–Kier alpha value is -3.23. The molecule has 2 aromatic heterocycles. The number of carbonyl (C=O) groups excluding carboxylic acids is 1. The van der Waals surface area contributed by atoms with E-state index in [4.69, 9.17) is 11.6 Å². The minimum absolute atomic E-state index is 0.126. The summed E-state index contributed by atoms with van der Waals surface area (Å²) >= 11 is 7.08. The van der Waals surface area contributed by atoms with Crippen molar-refractivity contribution in [3.63, 3.8) is 0 Å². The number of nitrogens with one attached hydrogen (secondary N) is 1. The van der Waals surface area contributed by atoms with Crippen LogP contribution in [-0.2, 0) is 11.3 Å². The lowest BCUT2D eigenvalue weighted by Crippen LogP contribution is -2.15. The van der Waals surface area contributed by atoms with Gasteiger partial charge >= 0.3 is 0 Å². The highest BCUT2D eigenvalue weighted by molar-refractivity contribution is 7.99. The molecule has 4 rings (SSSR count). The van der Waals surface area contributed by atoms with Crippen molar-refractivity contribution in [3.8, 4) is 11.4 Å². The zero-order chi connectivity index (χ0) is 21.6. The van der Waals surface area contributed by atoms with E-state index >= 15 is 0 Å². The van der Waals surface area contributed by atoms with Gasteiger partial charge in [0.25, 0.3) is 0 Å². The average molecular weight is 454 g/mol. The Morgan fingerprint density at radius 3 is 2.52 bits per heavy atom. The van der Waals surface area contributed by atoms with Crippen molar-refractivity contribution < 1.29 is 9.18 Å². The van der Waals surface area contributed by atoms with E-state index in [1.807, 2.05) is 34.9 Å². The number of benzene rings is 2. The van der Waals surface area contributed by atoms with Crippen LogP contribution < -0.4 is 5.32 Å². The summed E-state index contributed by atoms with van der Waals surface area (Å²) in [6, 6.07) is 19.2. The number of thioether (sulfide) groups is 1. The van der Waals surface area contributed by atoms with Crippen LogP contribution in [0.25, 0.3) is 11.4 Å². The Labute approximate surface area is 187 Å². The monoisotopic (exact) mass is 453 g/mol. The van der Waals surface area contributed by atoms with Gasteiger partial charge in [0.15, 0.2) is 11.0 Å². The van der Waals surface area contributed by atoms with E-state index in [2.05, 4.69) is 20.5 Å². The first kappa shape index (κ1) is 21.0. The Bertz CT molecular complexity index is 1170. The van der Waals surface area contributed by atoms with Crippen LogP contribution in [0.5, 0.6) is 0 Å². The van der Waals surface area contributed by atoms with Crippen LogP contribution in [0, 0.1) is 5.82 Å². The van der Waals surface area contributed by atoms with E-state index in [1.54, 1.807) is 24.3 Å². The molecule has 2 heterocycles. The molecule has 0 unspecified atom stereocenters. The SMILES string of the molecule is O=C(CSc1nnc(-c2ccc(F)cc2)n1Cc1ccccc1)Nc1ccc(Cl)cn1. The van der Waals surface area contributed by atoms with Gasteiger partial charge in [0, 0.05) is 11.8 Å². The number of halogens is 2. The minimum atomic E-state index is -0.319. The summed E-state index contributed by atoms with van der Waals surface area (Å²) in [4.78, 5) is 16.4. The number of anilines is 1. The first-order chi connectivity index (χ1) is 15.1. The van der Waals surface area contributed by atoms with Gasteiger partial charge < -0.3 is 5.32 Å². The van der Waals surface area contributed by atoms with Crippen LogP contribution in [0.3, 0.4) is 0 Å². The van der Waals surface area contributed by atoms with Crippen LogP contribution in [0.15, 0.2) is 78.1 Å². The zero-order valence-corrected chi connectivity index (χ0v) is 17.8. The largest absolute Gasteiger partial charge is 0.310 e. The number of carbonyl (C=O) groups is 1. The lowest BCUT2D eigenvalue weighted by molar-refractivity contribution is -0.113. The third-order valence-electron chi connectivity index (χ3n) is 4.33. The van der Waals surface area contributed by atoms with Crippen LogP contribution in [0.4, 0.5) is 10.2 Å². The Morgan fingerprint density at radius 2 is 1.81 bits per heavy atom. The van der Waals surface area contributed by atoms with Crippen LogP contribution >= 0.6 is 23.4 Å². The number of aromatic nitrogens is 4. The molecular formula is C22H17ClFN5OS. The van der Waals surface area contributed by atoms with Crippen LogP contribution in [0.1, 0.15) is 5.56 Å². The van der Waals surface area contributed by atoms with E-state index < -0.39 is 0 Å². The van der Waals surface area contributed by atoms with Crippen LogP contribution in [0.2, 0.25) is 5.02 Å². The second kappa shape index (κ2) is 9.72. The second-order valence-corrected chi connectivity index (χ2v) is 7.96. The minimum Gasteiger partial charge on any atom is -0.310 e. The lowest BCUT2D eigenvalue weighted by atomic mass is 10.2. The Balaban J connectivity index is 1.54. The van der Waals surface area contributed by atoms with E-state index in [0.717, 1.165) is 11.1 Å². The van der Waals surface area contributed by atoms with E-state index in [0.29, 0.717) is 28.4 Å². The van der Waals surface area contributed by atoms with E-state index in [-0.39, 0.29) is 17.5 Å². The summed E-state index contributed by atoms with van der Waals surface area (Å²) in [6.07, 6.45) is 1.47. The normalized spacial score (nSPS) is 10.8. The molecule has 0 atom stereocenters. The maximum absolute atomic E-state index is 13.4. The number of amides is 1. The van der Waals surface area contributed by atoms with Gasteiger partial charge in [-0.15, -0.1) is 10.2 Å². The predicted molar refractivity (Wildman–Crippen MR) is 120 cm³/mol. The Morgan fingerprint density at radius 1 is 1.03 bits per heavy atom. The van der Waals surface area contributed by atoms with Gasteiger partial charge in [-0.1, -0.05) is 53.7 Å². The Kier molecular flexibility index (Phi) is 6.59. The molecule has 0 saturated heterocycles. The zero-order valence-electron chi connectivity index (χ0n) is 16.2. The molecule has 0 bridgehead atoms. The van der Waals surface area contributed by atoms with Crippen molar-refractivity contribution in [1.82, 2.24) is 19.7 Å². The molecule has 0 aliphatic rings. The average Bonchev–Trinajstić information content (AvgIpc) is 3.17. The van der Waals surface area contributed by atoms with E-state index in [9.17, 15) is 9.18 Å². The molecule has 0 spiro atoms. The quantitative estimate of drug-likeness (QED) is 0.402. The van der Waals surface area contributed by atoms with Gasteiger partial charge in [0.05, 0.1) is 17.3 Å². The van der Waals surface area contributed by atoms with Crippen LogP contribution in [-0.4, -0.2) is 31.4 Å². The molecule has 1 amide bonds. The molecule has 0 aliphatic heterocycles. The predicted octanol–water partition coefficient (Wildman–Crippen LogP) is 4.91. The van der Waals surface area contributed by atoms with Crippen molar-refractivity contribution in [2.45, 2.75) is 11.7 Å². The van der Waals surface area contributed by atoms with Crippen molar-refractivity contribution in [2.75, 3.05) is 11.1 Å². The van der Waals surface area contributed by atoms with Gasteiger partial charge in [-0.2, -0.15) is 0 Å². The standard InChI is InChI=1S/C22H17ClFN5OS/c23-17-8-11-19(25-12-17)26-20(30)14-31-22-28-27-21(16-6-9-18(24)10-7-16)29(22)13-15-4-2-1-3-5-15/h1-12H,13-14H2,(H,25,26,30). The summed E-state index contributed by atoms with van der Waals surface area (Å²) in [6.45, 7) is 0.517. The van der Waals surface area contributed by atoms with Gasteiger partial charge in [0.2, 0.25) is 5.91 Å². The second-order valence-electron chi connectivity index (χ2n) is 6.58. The topological polar surface area (TPSA) is 72.7 Å². The molecule has 9 heteroatoms. The molecule has 0 fully saturated rings. The maximum atomic E-state index is 13.4. The first-order valence-corrected chi connectivity index (χ1v) is 10.7. The smallest absolute Gasteiger partial charge is 0.236 e. The number of rotatable bonds is 7. The summed E-state index contributed by atoms with van der Waals surface area (Å²) in [5.41, 5.74) is 1.80. The molecule has 0 saturated carbocycles. The molecule has 0 aliphatic carbocycles. The van der Waals surface area contributed by atoms with Crippen molar-refractivity contribution in [1.29, 1.82) is 0 Å². The molecule has 6 nitrogen and oxygen atoms in total. The fourth-order valence-electron chi connectivity index (χ4n) is 2.88. The van der Waals surface area contributed by atoms with E-state index in [1.165, 1.54) is 30.1 Å². The fourth-order valence-corrected chi connectivity index (χ4v) is 3.72.